The Morgan fingerprint density at radius 2 is 1.53 bits per heavy atom. The van der Waals surface area contributed by atoms with Crippen molar-refractivity contribution >= 4 is 34.4 Å². The lowest BCUT2D eigenvalue weighted by Gasteiger charge is -2.09. The first-order chi connectivity index (χ1) is 15.3. The van der Waals surface area contributed by atoms with E-state index in [2.05, 4.69) is 15.8 Å². The molecular weight excluding hydrogens is 414 g/mol. The number of nitro benzene ring substituents is 2. The van der Waals surface area contributed by atoms with Gasteiger partial charge in [-0.05, 0) is 55.3 Å². The number of amides is 1. The van der Waals surface area contributed by atoms with Crippen molar-refractivity contribution in [1.29, 1.82) is 0 Å². The number of hydrogen-bond acceptors (Lipinski definition) is 7. The molecule has 0 radical (unpaired) electrons. The van der Waals surface area contributed by atoms with E-state index in [0.29, 0.717) is 17.0 Å². The van der Waals surface area contributed by atoms with Gasteiger partial charge in [-0.1, -0.05) is 18.2 Å². The molecule has 0 bridgehead atoms. The van der Waals surface area contributed by atoms with Gasteiger partial charge in [0.25, 0.3) is 17.3 Å². The number of aryl methyl sites for hydroxylation is 1. The van der Waals surface area contributed by atoms with E-state index in [0.717, 1.165) is 5.56 Å². The van der Waals surface area contributed by atoms with Crippen LogP contribution >= 0.6 is 0 Å². The summed E-state index contributed by atoms with van der Waals surface area (Å²) in [6.07, 6.45) is 0. The Bertz CT molecular complexity index is 1220. The molecule has 3 aromatic carbocycles. The van der Waals surface area contributed by atoms with Crippen molar-refractivity contribution in [2.45, 2.75) is 13.8 Å². The molecule has 1 amide bonds. The maximum Gasteiger partial charge on any atom is 0.294 e. The van der Waals surface area contributed by atoms with Crippen LogP contribution in [0.1, 0.15) is 28.4 Å². The zero-order valence-corrected chi connectivity index (χ0v) is 17.2. The summed E-state index contributed by atoms with van der Waals surface area (Å²) in [6, 6.07) is 17.0. The van der Waals surface area contributed by atoms with E-state index in [4.69, 9.17) is 0 Å². The zero-order chi connectivity index (χ0) is 23.3. The number of benzene rings is 3. The smallest absolute Gasteiger partial charge is 0.294 e. The molecule has 3 aromatic rings. The highest BCUT2D eigenvalue weighted by Gasteiger charge is 2.18. The minimum Gasteiger partial charge on any atom is -0.322 e. The zero-order valence-electron chi connectivity index (χ0n) is 17.2. The van der Waals surface area contributed by atoms with Crippen molar-refractivity contribution in [2.75, 3.05) is 10.7 Å². The number of hydrogen-bond donors (Lipinski definition) is 2. The number of nitro groups is 2. The lowest BCUT2D eigenvalue weighted by Crippen LogP contribution is -2.13. The Morgan fingerprint density at radius 3 is 2.16 bits per heavy atom. The van der Waals surface area contributed by atoms with Gasteiger partial charge in [-0.3, -0.25) is 30.4 Å². The average molecular weight is 433 g/mol. The van der Waals surface area contributed by atoms with Gasteiger partial charge in [0.1, 0.15) is 5.69 Å². The fourth-order valence-electron chi connectivity index (χ4n) is 2.86. The third kappa shape index (κ3) is 5.11. The maximum atomic E-state index is 12.5. The van der Waals surface area contributed by atoms with Gasteiger partial charge in [-0.2, -0.15) is 5.10 Å². The number of non-ortho nitro benzene ring substituents is 1. The third-order valence-corrected chi connectivity index (χ3v) is 4.69. The number of nitrogens with one attached hydrogen (secondary N) is 2. The van der Waals surface area contributed by atoms with Crippen molar-refractivity contribution < 1.29 is 14.6 Å². The van der Waals surface area contributed by atoms with Crippen LogP contribution in [0.15, 0.2) is 71.8 Å². The summed E-state index contributed by atoms with van der Waals surface area (Å²) < 4.78 is 0. The standard InChI is InChI=1S/C22H19N5O5/c1-14-5-3-4-6-19(14)23-22(28)17-9-12-20(21(13-17)27(31)32)25-24-15(2)16-7-10-18(11-8-16)26(29)30/h3-13,25H,1-2H3,(H,23,28)/b24-15+. The molecule has 10 nitrogen and oxygen atoms in total. The van der Waals surface area contributed by atoms with Gasteiger partial charge in [0, 0.05) is 29.4 Å². The summed E-state index contributed by atoms with van der Waals surface area (Å²) in [5.41, 5.74) is 5.06. The highest BCUT2D eigenvalue weighted by molar-refractivity contribution is 6.05. The predicted molar refractivity (Wildman–Crippen MR) is 121 cm³/mol. The highest BCUT2D eigenvalue weighted by atomic mass is 16.6. The number of carbonyl (C=O) groups is 1. The van der Waals surface area contributed by atoms with Crippen LogP contribution in [-0.2, 0) is 0 Å². The fraction of sp³-hybridized carbons (Fsp3) is 0.0909. The molecular formula is C22H19N5O5. The Morgan fingerprint density at radius 1 is 0.875 bits per heavy atom. The Kier molecular flexibility index (Phi) is 6.54. The SMILES string of the molecule is C/C(=N\Nc1ccc(C(=O)Nc2ccccc2C)cc1[N+](=O)[O-])c1ccc([N+](=O)[O-])cc1. The molecule has 3 rings (SSSR count). The minimum atomic E-state index is -0.608. The molecule has 0 saturated heterocycles. The molecule has 0 aromatic heterocycles. The first-order valence-corrected chi connectivity index (χ1v) is 9.47. The molecule has 0 atom stereocenters. The second kappa shape index (κ2) is 9.47. The molecule has 0 aliphatic rings. The van der Waals surface area contributed by atoms with Gasteiger partial charge in [0.2, 0.25) is 0 Å². The van der Waals surface area contributed by atoms with Crippen LogP contribution in [0.4, 0.5) is 22.7 Å². The summed E-state index contributed by atoms with van der Waals surface area (Å²) >= 11 is 0. The average Bonchev–Trinajstić information content (AvgIpc) is 2.78. The van der Waals surface area contributed by atoms with Crippen LogP contribution < -0.4 is 10.7 Å². The number of nitrogens with zero attached hydrogens (tertiary/aromatic N) is 3. The van der Waals surface area contributed by atoms with Crippen LogP contribution in [0, 0.1) is 27.2 Å². The van der Waals surface area contributed by atoms with Gasteiger partial charge in [-0.15, -0.1) is 0 Å². The van der Waals surface area contributed by atoms with Crippen molar-refractivity contribution in [1.82, 2.24) is 0 Å². The Balaban J connectivity index is 1.80. The predicted octanol–water partition coefficient (Wildman–Crippen LogP) is 4.90. The van der Waals surface area contributed by atoms with Crippen molar-refractivity contribution in [3.05, 3.63) is 104 Å². The van der Waals surface area contributed by atoms with Crippen molar-refractivity contribution in [3.8, 4) is 0 Å². The molecule has 162 valence electrons. The molecule has 0 spiro atoms. The second-order valence-corrected chi connectivity index (χ2v) is 6.87. The van der Waals surface area contributed by atoms with Gasteiger partial charge < -0.3 is 5.32 Å². The van der Waals surface area contributed by atoms with Gasteiger partial charge in [0.05, 0.1) is 15.6 Å². The fourth-order valence-corrected chi connectivity index (χ4v) is 2.86. The number of carbonyl (C=O) groups excluding carboxylic acids is 1. The number of hydrazone groups is 1. The molecule has 10 heteroatoms. The third-order valence-electron chi connectivity index (χ3n) is 4.69. The van der Waals surface area contributed by atoms with E-state index in [1.165, 1.54) is 42.5 Å². The molecule has 0 fully saturated rings. The maximum absolute atomic E-state index is 12.5. The van der Waals surface area contributed by atoms with Crippen molar-refractivity contribution in [2.24, 2.45) is 5.10 Å². The Labute approximate surface area is 182 Å². The van der Waals surface area contributed by atoms with Crippen LogP contribution in [0.3, 0.4) is 0 Å². The van der Waals surface area contributed by atoms with E-state index in [1.807, 2.05) is 19.1 Å². The summed E-state index contributed by atoms with van der Waals surface area (Å²) in [4.78, 5) is 33.7. The van der Waals surface area contributed by atoms with E-state index in [1.54, 1.807) is 19.1 Å². The summed E-state index contributed by atoms with van der Waals surface area (Å²) in [5, 5.41) is 29.2. The van der Waals surface area contributed by atoms with E-state index >= 15 is 0 Å². The monoisotopic (exact) mass is 433 g/mol. The molecule has 0 saturated carbocycles. The normalized spacial score (nSPS) is 11.0. The Hall–Kier alpha value is -4.60. The van der Waals surface area contributed by atoms with E-state index < -0.39 is 15.8 Å². The number of anilines is 2. The first-order valence-electron chi connectivity index (χ1n) is 9.47. The highest BCUT2D eigenvalue weighted by Crippen LogP contribution is 2.26. The molecule has 32 heavy (non-hydrogen) atoms. The van der Waals surface area contributed by atoms with E-state index in [9.17, 15) is 25.0 Å². The molecule has 0 aliphatic heterocycles. The van der Waals surface area contributed by atoms with Gasteiger partial charge in [0.15, 0.2) is 0 Å². The summed E-state index contributed by atoms with van der Waals surface area (Å²) in [6.45, 7) is 3.50. The molecule has 0 heterocycles. The topological polar surface area (TPSA) is 140 Å². The summed E-state index contributed by atoms with van der Waals surface area (Å²) in [7, 11) is 0. The van der Waals surface area contributed by atoms with Crippen molar-refractivity contribution in [3.63, 3.8) is 0 Å². The lowest BCUT2D eigenvalue weighted by atomic mass is 10.1. The lowest BCUT2D eigenvalue weighted by molar-refractivity contribution is -0.384. The molecule has 0 unspecified atom stereocenters. The number of rotatable bonds is 7. The largest absolute Gasteiger partial charge is 0.322 e. The van der Waals surface area contributed by atoms with Crippen LogP contribution in [0.25, 0.3) is 0 Å². The second-order valence-electron chi connectivity index (χ2n) is 6.87. The van der Waals surface area contributed by atoms with Crippen LogP contribution in [0.5, 0.6) is 0 Å². The number of para-hydroxylation sites is 1. The van der Waals surface area contributed by atoms with E-state index in [-0.39, 0.29) is 22.6 Å². The molecule has 2 N–H and O–H groups in total. The van der Waals surface area contributed by atoms with Crippen LogP contribution in [-0.4, -0.2) is 21.5 Å². The van der Waals surface area contributed by atoms with Crippen LogP contribution in [0.2, 0.25) is 0 Å². The summed E-state index contributed by atoms with van der Waals surface area (Å²) in [5.74, 6) is -0.473. The van der Waals surface area contributed by atoms with Gasteiger partial charge >= 0.3 is 0 Å². The minimum absolute atomic E-state index is 0.0512. The molecule has 0 aliphatic carbocycles. The quantitative estimate of drug-likeness (QED) is 0.308. The van der Waals surface area contributed by atoms with Gasteiger partial charge in [-0.25, -0.2) is 0 Å². The first kappa shape index (κ1) is 22.1.